The molecule has 1 aliphatic heterocycles. The predicted molar refractivity (Wildman–Crippen MR) is 70.1 cm³/mol. The Labute approximate surface area is 121 Å². The van der Waals surface area contributed by atoms with E-state index in [1.54, 1.807) is 24.3 Å². The van der Waals surface area contributed by atoms with Crippen molar-refractivity contribution < 1.29 is 29.9 Å². The smallest absolute Gasteiger partial charge is 0.186 e. The molecule has 1 unspecified atom stereocenters. The minimum Gasteiger partial charge on any atom is -0.394 e. The molecule has 1 aromatic rings. The van der Waals surface area contributed by atoms with Gasteiger partial charge in [-0.3, -0.25) is 0 Å². The monoisotopic (exact) mass is 304 g/mol. The molecular weight excluding hydrogens is 288 g/mol. The average Bonchev–Trinajstić information content (AvgIpc) is 2.47. The number of aliphatic hydroxyl groups excluding tert-OH is 4. The van der Waals surface area contributed by atoms with E-state index in [9.17, 15) is 15.3 Å². The van der Waals surface area contributed by atoms with Crippen LogP contribution in [0.15, 0.2) is 24.3 Å². The number of hydrogen-bond donors (Lipinski definition) is 4. The van der Waals surface area contributed by atoms with Crippen LogP contribution in [0.2, 0.25) is 5.02 Å². The van der Waals surface area contributed by atoms with Crippen molar-refractivity contribution in [2.24, 2.45) is 0 Å². The number of aliphatic hydroxyl groups is 4. The summed E-state index contributed by atoms with van der Waals surface area (Å²) < 4.78 is 10.9. The molecule has 1 aliphatic rings. The molecule has 1 aromatic carbocycles. The molecule has 0 radical (unpaired) electrons. The highest BCUT2D eigenvalue weighted by atomic mass is 35.5. The van der Waals surface area contributed by atoms with Gasteiger partial charge in [0.2, 0.25) is 0 Å². The lowest BCUT2D eigenvalue weighted by Gasteiger charge is -2.40. The highest BCUT2D eigenvalue weighted by Crippen LogP contribution is 2.34. The first kappa shape index (κ1) is 15.7. The number of benzene rings is 1. The number of halogens is 1. The van der Waals surface area contributed by atoms with E-state index in [1.165, 1.54) is 0 Å². The van der Waals surface area contributed by atoms with Crippen LogP contribution in [0.3, 0.4) is 0 Å². The van der Waals surface area contributed by atoms with E-state index in [-0.39, 0.29) is 0 Å². The molecule has 0 aliphatic carbocycles. The van der Waals surface area contributed by atoms with E-state index >= 15 is 0 Å². The van der Waals surface area contributed by atoms with Crippen molar-refractivity contribution in [3.63, 3.8) is 0 Å². The van der Waals surface area contributed by atoms with E-state index in [2.05, 4.69) is 0 Å². The molecule has 0 amide bonds. The molecular formula is C13H17ClO6. The van der Waals surface area contributed by atoms with Crippen molar-refractivity contribution in [2.45, 2.75) is 30.7 Å². The lowest BCUT2D eigenvalue weighted by molar-refractivity contribution is -0.310. The van der Waals surface area contributed by atoms with Gasteiger partial charge in [-0.15, -0.1) is 0 Å². The van der Waals surface area contributed by atoms with E-state index in [0.717, 1.165) is 0 Å². The van der Waals surface area contributed by atoms with Gasteiger partial charge >= 0.3 is 0 Å². The summed E-state index contributed by atoms with van der Waals surface area (Å²) in [5.41, 5.74) is 0.523. The van der Waals surface area contributed by atoms with Crippen LogP contribution >= 0.6 is 11.6 Å². The maximum absolute atomic E-state index is 9.95. The van der Waals surface area contributed by atoms with E-state index < -0.39 is 43.9 Å². The second-order valence-corrected chi connectivity index (χ2v) is 4.96. The van der Waals surface area contributed by atoms with Crippen molar-refractivity contribution in [3.05, 3.63) is 34.9 Å². The zero-order valence-electron chi connectivity index (χ0n) is 10.6. The minimum absolute atomic E-state index is 0.405. The summed E-state index contributed by atoms with van der Waals surface area (Å²) in [6.07, 6.45) is -5.48. The molecule has 2 rings (SSSR count). The van der Waals surface area contributed by atoms with Gasteiger partial charge in [0.25, 0.3) is 0 Å². The third kappa shape index (κ3) is 3.12. The lowest BCUT2D eigenvalue weighted by Crippen LogP contribution is -2.54. The standard InChI is InChI=1S/C13H17ClO6/c14-8-4-2-1-3-7(8)13-19-10(6-16)11(18)12(20-13)9(17)5-15/h1-4,9-13,15-18H,5-6H2/t9-,10+,11-,12-,13?/m1/s1. The molecule has 1 fully saturated rings. The molecule has 0 spiro atoms. The fraction of sp³-hybridized carbons (Fsp3) is 0.538. The minimum atomic E-state index is -1.28. The number of hydrogen-bond acceptors (Lipinski definition) is 6. The summed E-state index contributed by atoms with van der Waals surface area (Å²) in [6, 6.07) is 6.82. The highest BCUT2D eigenvalue weighted by molar-refractivity contribution is 6.31. The molecule has 0 bridgehead atoms. The van der Waals surface area contributed by atoms with Crippen LogP contribution < -0.4 is 0 Å². The van der Waals surface area contributed by atoms with Crippen LogP contribution in [0.5, 0.6) is 0 Å². The molecule has 6 nitrogen and oxygen atoms in total. The molecule has 5 atom stereocenters. The predicted octanol–water partition coefficient (Wildman–Crippen LogP) is -0.171. The Bertz CT molecular complexity index is 443. The maximum atomic E-state index is 9.95. The third-order valence-corrected chi connectivity index (χ3v) is 3.55. The van der Waals surface area contributed by atoms with Crippen LogP contribution in [0.25, 0.3) is 0 Å². The summed E-state index contributed by atoms with van der Waals surface area (Å²) in [6.45, 7) is -1.02. The van der Waals surface area contributed by atoms with Crippen molar-refractivity contribution in [1.29, 1.82) is 0 Å². The van der Waals surface area contributed by atoms with E-state index in [4.69, 9.17) is 26.2 Å². The van der Waals surface area contributed by atoms with Gasteiger partial charge in [0.15, 0.2) is 6.29 Å². The zero-order valence-corrected chi connectivity index (χ0v) is 11.3. The number of ether oxygens (including phenoxy) is 2. The first-order chi connectivity index (χ1) is 9.58. The largest absolute Gasteiger partial charge is 0.394 e. The van der Waals surface area contributed by atoms with Crippen molar-refractivity contribution in [1.82, 2.24) is 0 Å². The Morgan fingerprint density at radius 3 is 2.50 bits per heavy atom. The molecule has 1 heterocycles. The summed E-state index contributed by atoms with van der Waals surface area (Å²) in [5, 5.41) is 38.3. The van der Waals surface area contributed by atoms with Crippen molar-refractivity contribution in [3.8, 4) is 0 Å². The number of rotatable bonds is 4. The van der Waals surface area contributed by atoms with Gasteiger partial charge in [-0.2, -0.15) is 0 Å². The maximum Gasteiger partial charge on any atom is 0.186 e. The van der Waals surface area contributed by atoms with Crippen LogP contribution in [-0.4, -0.2) is 58.1 Å². The van der Waals surface area contributed by atoms with Crippen molar-refractivity contribution >= 4 is 11.6 Å². The van der Waals surface area contributed by atoms with Crippen LogP contribution in [0.4, 0.5) is 0 Å². The van der Waals surface area contributed by atoms with E-state index in [1.807, 2.05) is 0 Å². The first-order valence-corrected chi connectivity index (χ1v) is 6.59. The topological polar surface area (TPSA) is 99.4 Å². The van der Waals surface area contributed by atoms with Crippen LogP contribution in [0, 0.1) is 0 Å². The van der Waals surface area contributed by atoms with Crippen molar-refractivity contribution in [2.75, 3.05) is 13.2 Å². The van der Waals surface area contributed by atoms with Gasteiger partial charge in [-0.1, -0.05) is 29.8 Å². The van der Waals surface area contributed by atoms with Gasteiger partial charge in [-0.05, 0) is 6.07 Å². The molecule has 1 saturated heterocycles. The second-order valence-electron chi connectivity index (χ2n) is 4.55. The SMILES string of the molecule is OC[C@@H](O)[C@H]1OC(c2ccccc2Cl)O[C@@H](CO)[C@H]1O. The summed E-state index contributed by atoms with van der Waals surface area (Å²) >= 11 is 6.05. The molecule has 0 aromatic heterocycles. The Kier molecular flexibility index (Phi) is 5.34. The quantitative estimate of drug-likeness (QED) is 0.616. The average molecular weight is 305 g/mol. The molecule has 4 N–H and O–H groups in total. The Balaban J connectivity index is 2.25. The Morgan fingerprint density at radius 1 is 1.20 bits per heavy atom. The zero-order chi connectivity index (χ0) is 14.7. The molecule has 20 heavy (non-hydrogen) atoms. The summed E-state index contributed by atoms with van der Waals surface area (Å²) in [7, 11) is 0. The summed E-state index contributed by atoms with van der Waals surface area (Å²) in [4.78, 5) is 0. The molecule has 112 valence electrons. The second kappa shape index (κ2) is 6.82. The Hall–Kier alpha value is -0.730. The normalized spacial score (nSPS) is 32.0. The van der Waals surface area contributed by atoms with Gasteiger partial charge in [-0.25, -0.2) is 0 Å². The molecule has 0 saturated carbocycles. The first-order valence-electron chi connectivity index (χ1n) is 6.21. The van der Waals surface area contributed by atoms with Crippen LogP contribution in [0.1, 0.15) is 11.9 Å². The summed E-state index contributed by atoms with van der Waals surface area (Å²) in [5.74, 6) is 0. The lowest BCUT2D eigenvalue weighted by atomic mass is 10.0. The Morgan fingerprint density at radius 2 is 1.90 bits per heavy atom. The fourth-order valence-corrected chi connectivity index (χ4v) is 2.32. The third-order valence-electron chi connectivity index (χ3n) is 3.20. The van der Waals surface area contributed by atoms with E-state index in [0.29, 0.717) is 10.6 Å². The van der Waals surface area contributed by atoms with Gasteiger partial charge < -0.3 is 29.9 Å². The van der Waals surface area contributed by atoms with Crippen LogP contribution in [-0.2, 0) is 9.47 Å². The van der Waals surface area contributed by atoms with Gasteiger partial charge in [0, 0.05) is 10.6 Å². The van der Waals surface area contributed by atoms with Gasteiger partial charge in [0.05, 0.1) is 13.2 Å². The molecule has 7 heteroatoms. The van der Waals surface area contributed by atoms with Gasteiger partial charge in [0.1, 0.15) is 24.4 Å². The fourth-order valence-electron chi connectivity index (χ4n) is 2.09. The highest BCUT2D eigenvalue weighted by Gasteiger charge is 2.42.